The van der Waals surface area contributed by atoms with E-state index in [9.17, 15) is 0 Å². The molecule has 0 aliphatic rings. The third-order valence-electron chi connectivity index (χ3n) is 0.629. The second-order valence-electron chi connectivity index (χ2n) is 1.58. The van der Waals surface area contributed by atoms with Crippen molar-refractivity contribution in [1.82, 2.24) is 4.47 Å². The van der Waals surface area contributed by atoms with Crippen LogP contribution in [0.3, 0.4) is 0 Å². The molecule has 0 aromatic heterocycles. The maximum Gasteiger partial charge on any atom is 0.0586 e. The summed E-state index contributed by atoms with van der Waals surface area (Å²) >= 11 is 3.94. The van der Waals surface area contributed by atoms with Crippen LogP contribution < -0.4 is 0 Å². The molecule has 0 amide bonds. The minimum atomic E-state index is 0.341. The molecule has 44 valence electrons. The van der Waals surface area contributed by atoms with Crippen molar-refractivity contribution < 1.29 is 4.84 Å². The van der Waals surface area contributed by atoms with Crippen molar-refractivity contribution in [1.29, 1.82) is 0 Å². The summed E-state index contributed by atoms with van der Waals surface area (Å²) < 4.78 is 1.49. The van der Waals surface area contributed by atoms with Crippen LogP contribution in [0.1, 0.15) is 13.8 Å². The zero-order chi connectivity index (χ0) is 5.86. The van der Waals surface area contributed by atoms with E-state index in [1.165, 1.54) is 4.47 Å². The van der Waals surface area contributed by atoms with Gasteiger partial charge in [-0.05, 0) is 13.8 Å². The Balaban J connectivity index is 3.14. The SMILES string of the molecule is CON(S)C(C)C. The topological polar surface area (TPSA) is 12.5 Å². The van der Waals surface area contributed by atoms with Crippen LogP contribution in [0.4, 0.5) is 0 Å². The Hall–Kier alpha value is 0.270. The molecule has 0 aliphatic carbocycles. The van der Waals surface area contributed by atoms with Gasteiger partial charge in [0.25, 0.3) is 0 Å². The summed E-state index contributed by atoms with van der Waals surface area (Å²) in [4.78, 5) is 4.71. The first-order valence-corrected chi connectivity index (χ1v) is 2.60. The molecule has 0 atom stereocenters. The monoisotopic (exact) mass is 121 g/mol. The third-order valence-corrected chi connectivity index (χ3v) is 1.25. The average molecular weight is 121 g/mol. The molecule has 0 N–H and O–H groups in total. The molecule has 2 nitrogen and oxygen atoms in total. The van der Waals surface area contributed by atoms with Gasteiger partial charge in [-0.15, -0.1) is 4.47 Å². The molecule has 0 bridgehead atoms. The van der Waals surface area contributed by atoms with Crippen LogP contribution >= 0.6 is 12.8 Å². The van der Waals surface area contributed by atoms with Gasteiger partial charge in [-0.2, -0.15) is 0 Å². The van der Waals surface area contributed by atoms with Gasteiger partial charge in [-0.25, -0.2) is 0 Å². The molecule has 0 aliphatic heterocycles. The van der Waals surface area contributed by atoms with Gasteiger partial charge in [0.2, 0.25) is 0 Å². The molecule has 0 heterocycles. The highest BCUT2D eigenvalue weighted by molar-refractivity contribution is 7.77. The molecule has 0 saturated carbocycles. The maximum atomic E-state index is 4.71. The number of hydrogen-bond donors (Lipinski definition) is 1. The van der Waals surface area contributed by atoms with Gasteiger partial charge in [-0.1, -0.05) is 12.8 Å². The van der Waals surface area contributed by atoms with E-state index in [2.05, 4.69) is 12.8 Å². The largest absolute Gasteiger partial charge is 0.292 e. The van der Waals surface area contributed by atoms with E-state index in [1.54, 1.807) is 7.11 Å². The Morgan fingerprint density at radius 3 is 2.00 bits per heavy atom. The molecular formula is C4H11NOS. The molecule has 3 heteroatoms. The fourth-order valence-electron chi connectivity index (χ4n) is 0.211. The van der Waals surface area contributed by atoms with Gasteiger partial charge in [0.1, 0.15) is 0 Å². The standard InChI is InChI=1S/C4H11NOS/c1-4(2)5(7)6-3/h4,7H,1-3H3. The van der Waals surface area contributed by atoms with E-state index in [1.807, 2.05) is 13.8 Å². The number of nitrogens with zero attached hydrogens (tertiary/aromatic N) is 1. The molecule has 0 aromatic rings. The molecular weight excluding hydrogens is 110 g/mol. The highest BCUT2D eigenvalue weighted by Gasteiger charge is 1.98. The minimum Gasteiger partial charge on any atom is -0.292 e. The van der Waals surface area contributed by atoms with Crippen LogP contribution in [0.2, 0.25) is 0 Å². The quantitative estimate of drug-likeness (QED) is 0.434. The molecule has 0 spiro atoms. The van der Waals surface area contributed by atoms with Crippen molar-refractivity contribution in [2.24, 2.45) is 0 Å². The Morgan fingerprint density at radius 2 is 2.00 bits per heavy atom. The van der Waals surface area contributed by atoms with E-state index in [4.69, 9.17) is 4.84 Å². The summed E-state index contributed by atoms with van der Waals surface area (Å²) in [6, 6.07) is 0.341. The zero-order valence-corrected chi connectivity index (χ0v) is 5.77. The van der Waals surface area contributed by atoms with Gasteiger partial charge in [0, 0.05) is 6.04 Å². The second kappa shape index (κ2) is 3.29. The van der Waals surface area contributed by atoms with Crippen molar-refractivity contribution in [2.75, 3.05) is 7.11 Å². The van der Waals surface area contributed by atoms with Gasteiger partial charge in [0.15, 0.2) is 0 Å². The maximum absolute atomic E-state index is 4.71. The summed E-state index contributed by atoms with van der Waals surface area (Å²) in [6.07, 6.45) is 0. The molecule has 0 unspecified atom stereocenters. The normalized spacial score (nSPS) is 11.1. The summed E-state index contributed by atoms with van der Waals surface area (Å²) in [5.41, 5.74) is 0. The van der Waals surface area contributed by atoms with Crippen molar-refractivity contribution in [2.45, 2.75) is 19.9 Å². The van der Waals surface area contributed by atoms with Crippen molar-refractivity contribution >= 4 is 12.8 Å². The van der Waals surface area contributed by atoms with Crippen molar-refractivity contribution in [3.8, 4) is 0 Å². The lowest BCUT2D eigenvalue weighted by Gasteiger charge is -2.14. The van der Waals surface area contributed by atoms with Crippen LogP contribution in [0.15, 0.2) is 0 Å². The fraction of sp³-hybridized carbons (Fsp3) is 1.00. The van der Waals surface area contributed by atoms with Crippen LogP contribution in [-0.2, 0) is 4.84 Å². The van der Waals surface area contributed by atoms with E-state index < -0.39 is 0 Å². The molecule has 0 rings (SSSR count). The summed E-state index contributed by atoms with van der Waals surface area (Å²) in [5, 5.41) is 0. The van der Waals surface area contributed by atoms with Gasteiger partial charge < -0.3 is 0 Å². The first kappa shape index (κ1) is 7.27. The molecule has 0 saturated heterocycles. The van der Waals surface area contributed by atoms with Crippen molar-refractivity contribution in [3.05, 3.63) is 0 Å². The van der Waals surface area contributed by atoms with E-state index >= 15 is 0 Å². The highest BCUT2D eigenvalue weighted by Crippen LogP contribution is 1.98. The van der Waals surface area contributed by atoms with E-state index in [0.29, 0.717) is 6.04 Å². The number of hydrogen-bond acceptors (Lipinski definition) is 3. The Bertz CT molecular complexity index is 49.0. The molecule has 0 radical (unpaired) electrons. The number of rotatable bonds is 2. The second-order valence-corrected chi connectivity index (χ2v) is 1.97. The zero-order valence-electron chi connectivity index (χ0n) is 4.88. The van der Waals surface area contributed by atoms with Gasteiger partial charge >= 0.3 is 0 Å². The molecule has 0 fully saturated rings. The van der Waals surface area contributed by atoms with E-state index in [-0.39, 0.29) is 0 Å². The first-order chi connectivity index (χ1) is 3.18. The average Bonchev–Trinajstić information content (AvgIpc) is 1.65. The Labute approximate surface area is 50.0 Å². The molecule has 7 heavy (non-hydrogen) atoms. The number of thiol groups is 1. The summed E-state index contributed by atoms with van der Waals surface area (Å²) in [7, 11) is 1.59. The lowest BCUT2D eigenvalue weighted by Crippen LogP contribution is -2.18. The minimum absolute atomic E-state index is 0.341. The summed E-state index contributed by atoms with van der Waals surface area (Å²) in [6.45, 7) is 3.99. The Morgan fingerprint density at radius 1 is 1.57 bits per heavy atom. The third kappa shape index (κ3) is 2.91. The van der Waals surface area contributed by atoms with Crippen molar-refractivity contribution in [3.63, 3.8) is 0 Å². The van der Waals surface area contributed by atoms with Gasteiger partial charge in [-0.3, -0.25) is 4.84 Å². The van der Waals surface area contributed by atoms with Crippen LogP contribution in [-0.4, -0.2) is 17.6 Å². The predicted octanol–water partition coefficient (Wildman–Crippen LogP) is 1.10. The number of hydroxylamine groups is 1. The smallest absolute Gasteiger partial charge is 0.0586 e. The fourth-order valence-corrected chi connectivity index (χ4v) is 0.211. The van der Waals surface area contributed by atoms with Crippen LogP contribution in [0.5, 0.6) is 0 Å². The molecule has 0 aromatic carbocycles. The summed E-state index contributed by atoms with van der Waals surface area (Å²) in [5.74, 6) is 0. The van der Waals surface area contributed by atoms with E-state index in [0.717, 1.165) is 0 Å². The van der Waals surface area contributed by atoms with Crippen LogP contribution in [0, 0.1) is 0 Å². The van der Waals surface area contributed by atoms with Gasteiger partial charge in [0.05, 0.1) is 7.11 Å². The first-order valence-electron chi connectivity index (χ1n) is 2.20. The lowest BCUT2D eigenvalue weighted by molar-refractivity contribution is -0.0579. The highest BCUT2D eigenvalue weighted by atomic mass is 32.1. The lowest BCUT2D eigenvalue weighted by atomic mass is 10.4. The predicted molar refractivity (Wildman–Crippen MR) is 33.0 cm³/mol. The van der Waals surface area contributed by atoms with Crippen LogP contribution in [0.25, 0.3) is 0 Å². The Kier molecular flexibility index (Phi) is 3.42.